The van der Waals surface area contributed by atoms with Gasteiger partial charge in [-0.25, -0.2) is 9.37 Å². The van der Waals surface area contributed by atoms with Crippen LogP contribution in [0.2, 0.25) is 0 Å². The quantitative estimate of drug-likeness (QED) is 0.564. The van der Waals surface area contributed by atoms with Gasteiger partial charge >= 0.3 is 5.97 Å². The summed E-state index contributed by atoms with van der Waals surface area (Å²) in [5.41, 5.74) is 12.8. The Labute approximate surface area is 186 Å². The number of esters is 1. The maximum absolute atomic E-state index is 13.9. The molecule has 0 spiro atoms. The molecule has 2 aromatic rings. The van der Waals surface area contributed by atoms with Gasteiger partial charge < -0.3 is 26.1 Å². The van der Waals surface area contributed by atoms with E-state index < -0.39 is 11.7 Å². The van der Waals surface area contributed by atoms with Gasteiger partial charge in [0.1, 0.15) is 17.2 Å². The monoisotopic (exact) mass is 443 g/mol. The molecule has 8 nitrogen and oxygen atoms in total. The summed E-state index contributed by atoms with van der Waals surface area (Å²) in [7, 11) is 0. The van der Waals surface area contributed by atoms with Crippen molar-refractivity contribution in [1.29, 1.82) is 0 Å². The van der Waals surface area contributed by atoms with E-state index in [1.54, 1.807) is 6.20 Å². The molecule has 1 amide bonds. The van der Waals surface area contributed by atoms with E-state index in [0.717, 1.165) is 50.5 Å². The molecule has 1 saturated heterocycles. The molecule has 0 bridgehead atoms. The van der Waals surface area contributed by atoms with Gasteiger partial charge in [-0.3, -0.25) is 9.59 Å². The zero-order valence-electron chi connectivity index (χ0n) is 18.5. The predicted octanol–water partition coefficient (Wildman–Crippen LogP) is 2.40. The van der Waals surface area contributed by atoms with Crippen molar-refractivity contribution < 1.29 is 18.7 Å². The summed E-state index contributed by atoms with van der Waals surface area (Å²) >= 11 is 0. The Morgan fingerprint density at radius 3 is 2.72 bits per heavy atom. The van der Waals surface area contributed by atoms with E-state index >= 15 is 0 Å². The molecule has 1 aromatic heterocycles. The molecule has 1 aliphatic carbocycles. The molecule has 1 saturated carbocycles. The number of rotatable bonds is 7. The number of fused-ring (bicyclic) bond motifs is 1. The highest BCUT2D eigenvalue weighted by Gasteiger charge is 2.46. The third-order valence-corrected chi connectivity index (χ3v) is 6.85. The van der Waals surface area contributed by atoms with Crippen LogP contribution in [0, 0.1) is 23.1 Å². The molecule has 2 fully saturated rings. The second-order valence-corrected chi connectivity index (χ2v) is 9.10. The number of nitrogens with two attached hydrogens (primary N) is 2. The number of benzene rings is 1. The second kappa shape index (κ2) is 8.54. The largest absolute Gasteiger partial charge is 0.466 e. The summed E-state index contributed by atoms with van der Waals surface area (Å²) in [4.78, 5) is 33.7. The summed E-state index contributed by atoms with van der Waals surface area (Å²) < 4.78 is 19.1. The van der Waals surface area contributed by atoms with E-state index in [2.05, 4.69) is 21.8 Å². The number of primary amides is 1. The Morgan fingerprint density at radius 2 is 2.09 bits per heavy atom. The van der Waals surface area contributed by atoms with E-state index in [-0.39, 0.29) is 22.9 Å². The third-order valence-electron chi connectivity index (χ3n) is 6.85. The SMILES string of the molecule is CCOC(=O)C1CC1CN1CCC(C)(C(=CN)c2nc3c(C(N)=O)cc(F)cc3[nH]2)CC1. The van der Waals surface area contributed by atoms with Crippen molar-refractivity contribution in [1.82, 2.24) is 14.9 Å². The maximum Gasteiger partial charge on any atom is 0.309 e. The minimum absolute atomic E-state index is 0.0400. The number of aromatic amines is 1. The van der Waals surface area contributed by atoms with Crippen molar-refractivity contribution in [2.24, 2.45) is 28.7 Å². The lowest BCUT2D eigenvalue weighted by atomic mass is 9.74. The zero-order valence-corrected chi connectivity index (χ0v) is 18.5. The molecule has 2 heterocycles. The number of hydrogen-bond donors (Lipinski definition) is 3. The number of piperidine rings is 1. The summed E-state index contributed by atoms with van der Waals surface area (Å²) in [6, 6.07) is 2.40. The van der Waals surface area contributed by atoms with Crippen LogP contribution in [0.25, 0.3) is 16.6 Å². The van der Waals surface area contributed by atoms with E-state index in [1.165, 1.54) is 6.07 Å². The van der Waals surface area contributed by atoms with Gasteiger partial charge in [-0.1, -0.05) is 6.92 Å². The number of ether oxygens (including phenoxy) is 1. The standard InChI is InChI=1S/C23H30FN5O3/c1-3-32-22(31)15-8-13(15)12-29-6-4-23(2,5-7-29)17(11-25)21-27-18-10-14(24)9-16(20(26)30)19(18)28-21/h9-11,13,15H,3-8,12,25H2,1-2H3,(H2,26,30)(H,27,28). The summed E-state index contributed by atoms with van der Waals surface area (Å²) in [6.45, 7) is 7.05. The van der Waals surface area contributed by atoms with Crippen LogP contribution in [0.4, 0.5) is 4.39 Å². The first-order chi connectivity index (χ1) is 15.3. The highest BCUT2D eigenvalue weighted by Crippen LogP contribution is 2.45. The van der Waals surface area contributed by atoms with Crippen molar-refractivity contribution in [2.45, 2.75) is 33.1 Å². The van der Waals surface area contributed by atoms with Crippen molar-refractivity contribution in [2.75, 3.05) is 26.2 Å². The first-order valence-corrected chi connectivity index (χ1v) is 11.1. The zero-order chi connectivity index (χ0) is 23.0. The Morgan fingerprint density at radius 1 is 1.38 bits per heavy atom. The fourth-order valence-corrected chi connectivity index (χ4v) is 4.78. The van der Waals surface area contributed by atoms with E-state index in [9.17, 15) is 14.0 Å². The molecule has 4 rings (SSSR count). The molecular formula is C23H30FN5O3. The normalized spacial score (nSPS) is 23.3. The van der Waals surface area contributed by atoms with E-state index in [1.807, 2.05) is 6.92 Å². The van der Waals surface area contributed by atoms with Crippen molar-refractivity contribution in [3.05, 3.63) is 35.5 Å². The van der Waals surface area contributed by atoms with Crippen molar-refractivity contribution in [3.8, 4) is 0 Å². The molecule has 2 aliphatic rings. The number of amides is 1. The van der Waals surface area contributed by atoms with Gasteiger partial charge in [0.2, 0.25) is 0 Å². The Balaban J connectivity index is 1.46. The molecule has 5 N–H and O–H groups in total. The lowest BCUT2D eigenvalue weighted by Crippen LogP contribution is -2.40. The number of aromatic nitrogens is 2. The number of imidazole rings is 1. The van der Waals surface area contributed by atoms with Gasteiger partial charge in [0.25, 0.3) is 5.91 Å². The van der Waals surface area contributed by atoms with Crippen LogP contribution in [0.5, 0.6) is 0 Å². The van der Waals surface area contributed by atoms with Gasteiger partial charge in [0.05, 0.1) is 23.6 Å². The summed E-state index contributed by atoms with van der Waals surface area (Å²) in [5, 5.41) is 0. The fraction of sp³-hybridized carbons (Fsp3) is 0.522. The highest BCUT2D eigenvalue weighted by molar-refractivity contribution is 6.04. The number of likely N-dealkylation sites (tertiary alicyclic amines) is 1. The number of carbonyl (C=O) groups is 2. The average Bonchev–Trinajstić information content (AvgIpc) is 3.39. The molecule has 1 aliphatic heterocycles. The van der Waals surface area contributed by atoms with Crippen LogP contribution in [-0.2, 0) is 9.53 Å². The molecule has 172 valence electrons. The Hall–Kier alpha value is -2.94. The van der Waals surface area contributed by atoms with Gasteiger partial charge in [0.15, 0.2) is 0 Å². The lowest BCUT2D eigenvalue weighted by Gasteiger charge is -2.40. The summed E-state index contributed by atoms with van der Waals surface area (Å²) in [5.74, 6) is -0.425. The van der Waals surface area contributed by atoms with Gasteiger partial charge in [-0.05, 0) is 62.7 Å². The molecule has 1 aromatic carbocycles. The van der Waals surface area contributed by atoms with E-state index in [0.29, 0.717) is 29.4 Å². The molecule has 9 heteroatoms. The number of halogens is 1. The van der Waals surface area contributed by atoms with Crippen LogP contribution in [0.15, 0.2) is 18.3 Å². The van der Waals surface area contributed by atoms with Gasteiger partial charge in [-0.2, -0.15) is 0 Å². The van der Waals surface area contributed by atoms with Gasteiger partial charge in [-0.15, -0.1) is 0 Å². The van der Waals surface area contributed by atoms with Crippen LogP contribution < -0.4 is 11.5 Å². The van der Waals surface area contributed by atoms with Crippen LogP contribution in [0.1, 0.15) is 49.3 Å². The average molecular weight is 444 g/mol. The van der Waals surface area contributed by atoms with E-state index in [4.69, 9.17) is 16.2 Å². The number of allylic oxidation sites excluding steroid dienone is 1. The van der Waals surface area contributed by atoms with Crippen LogP contribution >= 0.6 is 0 Å². The third kappa shape index (κ3) is 4.21. The smallest absolute Gasteiger partial charge is 0.309 e. The maximum atomic E-state index is 13.9. The minimum atomic E-state index is -0.730. The number of carbonyl (C=O) groups excluding carboxylic acids is 2. The Bertz CT molecular complexity index is 1070. The van der Waals surface area contributed by atoms with Crippen molar-refractivity contribution in [3.63, 3.8) is 0 Å². The second-order valence-electron chi connectivity index (χ2n) is 9.10. The molecular weight excluding hydrogens is 413 g/mol. The van der Waals surface area contributed by atoms with Gasteiger partial charge in [0, 0.05) is 18.3 Å². The van der Waals surface area contributed by atoms with Crippen LogP contribution in [-0.4, -0.2) is 53.0 Å². The summed E-state index contributed by atoms with van der Waals surface area (Å²) in [6.07, 6.45) is 4.17. The molecule has 32 heavy (non-hydrogen) atoms. The molecule has 2 atom stereocenters. The number of hydrogen-bond acceptors (Lipinski definition) is 6. The number of H-pyrrole nitrogens is 1. The fourth-order valence-electron chi connectivity index (χ4n) is 4.78. The first kappa shape index (κ1) is 22.3. The topological polar surface area (TPSA) is 127 Å². The number of nitrogens with zero attached hydrogens (tertiary/aromatic N) is 2. The minimum Gasteiger partial charge on any atom is -0.466 e. The molecule has 2 unspecified atom stereocenters. The molecule has 0 radical (unpaired) electrons. The number of nitrogens with one attached hydrogen (secondary N) is 1. The Kier molecular flexibility index (Phi) is 5.94. The first-order valence-electron chi connectivity index (χ1n) is 11.1. The lowest BCUT2D eigenvalue weighted by molar-refractivity contribution is -0.145. The van der Waals surface area contributed by atoms with Crippen LogP contribution in [0.3, 0.4) is 0 Å². The predicted molar refractivity (Wildman–Crippen MR) is 119 cm³/mol. The highest BCUT2D eigenvalue weighted by atomic mass is 19.1. The van der Waals surface area contributed by atoms with Crippen molar-refractivity contribution >= 4 is 28.5 Å².